The number of carboxylic acids is 1. The van der Waals surface area contributed by atoms with Gasteiger partial charge >= 0.3 is 0 Å². The molecule has 0 spiro atoms. The number of carbonyl (C=O) groups is 1. The number of quaternary nitrogens is 1. The van der Waals surface area contributed by atoms with E-state index in [-0.39, 0.29) is 12.5 Å². The van der Waals surface area contributed by atoms with Crippen molar-refractivity contribution >= 4 is 17.3 Å². The number of aliphatic carboxylic acids is 1. The fourth-order valence-corrected chi connectivity index (χ4v) is 3.45. The summed E-state index contributed by atoms with van der Waals surface area (Å²) < 4.78 is 5.85. The lowest BCUT2D eigenvalue weighted by Crippen LogP contribution is -2.84. The normalized spacial score (nSPS) is 11.8. The fourth-order valence-electron chi connectivity index (χ4n) is 2.62. The lowest BCUT2D eigenvalue weighted by Gasteiger charge is -2.15. The van der Waals surface area contributed by atoms with Crippen LogP contribution in [0.5, 0.6) is 11.5 Å². The lowest BCUT2D eigenvalue weighted by atomic mass is 10.1. The third-order valence-electron chi connectivity index (χ3n) is 3.81. The third-order valence-corrected chi connectivity index (χ3v) is 4.81. The molecule has 0 bridgehead atoms. The summed E-state index contributed by atoms with van der Waals surface area (Å²) in [4.78, 5) is 12.1. The van der Waals surface area contributed by atoms with Gasteiger partial charge in [-0.25, -0.2) is 0 Å². The Kier molecular flexibility index (Phi) is 5.82. The zero-order chi connectivity index (χ0) is 17.5. The van der Waals surface area contributed by atoms with Crippen LogP contribution in [0.25, 0.3) is 0 Å². The van der Waals surface area contributed by atoms with Gasteiger partial charge in [0.05, 0.1) is 4.88 Å². The van der Waals surface area contributed by atoms with E-state index in [0.717, 1.165) is 21.9 Å². The van der Waals surface area contributed by atoms with E-state index >= 15 is 0 Å². The van der Waals surface area contributed by atoms with E-state index in [1.807, 2.05) is 77.4 Å². The number of benzene rings is 2. The van der Waals surface area contributed by atoms with Crippen LogP contribution in [0.15, 0.2) is 72.1 Å². The van der Waals surface area contributed by atoms with Gasteiger partial charge in [-0.1, -0.05) is 36.4 Å². The predicted molar refractivity (Wildman–Crippen MR) is 95.3 cm³/mol. The minimum absolute atomic E-state index is 0.000714. The third kappa shape index (κ3) is 5.17. The molecule has 3 aromatic rings. The van der Waals surface area contributed by atoms with E-state index in [2.05, 4.69) is 0 Å². The molecule has 0 fully saturated rings. The van der Waals surface area contributed by atoms with E-state index in [1.54, 1.807) is 11.3 Å². The van der Waals surface area contributed by atoms with Crippen molar-refractivity contribution in [2.75, 3.05) is 0 Å². The smallest absolute Gasteiger partial charge is 0.127 e. The highest BCUT2D eigenvalue weighted by molar-refractivity contribution is 7.10. The number of nitrogens with two attached hydrogens (primary N) is 1. The summed E-state index contributed by atoms with van der Waals surface area (Å²) >= 11 is 1.57. The summed E-state index contributed by atoms with van der Waals surface area (Å²) in [6.45, 7) is 0.668. The number of ether oxygens (including phenoxy) is 1. The number of para-hydroxylation sites is 1. The molecule has 0 aliphatic carbocycles. The molecule has 1 unspecified atom stereocenters. The van der Waals surface area contributed by atoms with Crippen LogP contribution in [0, 0.1) is 0 Å². The summed E-state index contributed by atoms with van der Waals surface area (Å²) in [5.41, 5.74) is 1.08. The van der Waals surface area contributed by atoms with Gasteiger partial charge in [0.25, 0.3) is 0 Å². The van der Waals surface area contributed by atoms with Crippen LogP contribution in [0.4, 0.5) is 0 Å². The minimum atomic E-state index is -1.03. The molecule has 4 nitrogen and oxygen atoms in total. The maximum absolute atomic E-state index is 11.0. The first kappa shape index (κ1) is 17.2. The molecule has 25 heavy (non-hydrogen) atoms. The molecular formula is C20H19NO3S. The molecule has 1 heterocycles. The molecule has 3 rings (SSSR count). The standard InChI is InChI=1S/C20H19NO3S/c22-20(23)13-18(19-10-5-11-25-19)21-14-15-6-4-9-17(12-15)24-16-7-2-1-3-8-16/h1-12,18,21H,13-14H2,(H,22,23). The van der Waals surface area contributed by atoms with Gasteiger partial charge in [0.1, 0.15) is 24.1 Å². The summed E-state index contributed by atoms with van der Waals surface area (Å²) in [5, 5.41) is 15.0. The zero-order valence-electron chi connectivity index (χ0n) is 13.6. The highest BCUT2D eigenvalue weighted by Gasteiger charge is 2.16. The summed E-state index contributed by atoms with van der Waals surface area (Å²) in [6, 6.07) is 21.2. The van der Waals surface area contributed by atoms with Crippen molar-refractivity contribution in [3.63, 3.8) is 0 Å². The van der Waals surface area contributed by atoms with Crippen LogP contribution < -0.4 is 15.2 Å². The maximum atomic E-state index is 11.0. The Bertz CT molecular complexity index is 803. The number of carboxylic acid groups (broad SMARTS) is 1. The van der Waals surface area contributed by atoms with Crippen LogP contribution in [-0.4, -0.2) is 5.97 Å². The molecule has 2 aromatic carbocycles. The van der Waals surface area contributed by atoms with E-state index in [9.17, 15) is 9.90 Å². The Morgan fingerprint density at radius 2 is 1.84 bits per heavy atom. The van der Waals surface area contributed by atoms with Gasteiger partial charge in [0.2, 0.25) is 0 Å². The molecule has 0 radical (unpaired) electrons. The van der Waals surface area contributed by atoms with E-state index < -0.39 is 5.97 Å². The SMILES string of the molecule is O=C([O-])CC([NH2+]Cc1cccc(Oc2ccccc2)c1)c1cccs1. The monoisotopic (exact) mass is 353 g/mol. The van der Waals surface area contributed by atoms with Crippen molar-refractivity contribution < 1.29 is 20.0 Å². The van der Waals surface area contributed by atoms with E-state index in [0.29, 0.717) is 6.54 Å². The zero-order valence-corrected chi connectivity index (χ0v) is 14.4. The molecule has 0 aliphatic rings. The van der Waals surface area contributed by atoms with E-state index in [4.69, 9.17) is 4.74 Å². The van der Waals surface area contributed by atoms with Gasteiger partial charge in [0, 0.05) is 18.0 Å². The number of rotatable bonds is 8. The molecule has 5 heteroatoms. The number of hydrogen-bond donors (Lipinski definition) is 1. The Hall–Kier alpha value is -2.63. The molecule has 0 aliphatic heterocycles. The van der Waals surface area contributed by atoms with Crippen LogP contribution >= 0.6 is 11.3 Å². The fraction of sp³-hybridized carbons (Fsp3) is 0.150. The summed E-state index contributed by atoms with van der Waals surface area (Å²) in [5.74, 6) is 0.525. The maximum Gasteiger partial charge on any atom is 0.127 e. The Morgan fingerprint density at radius 3 is 2.56 bits per heavy atom. The van der Waals surface area contributed by atoms with Gasteiger partial charge in [0.15, 0.2) is 0 Å². The minimum Gasteiger partial charge on any atom is -0.550 e. The van der Waals surface area contributed by atoms with Crippen molar-refractivity contribution in [2.45, 2.75) is 19.0 Å². The molecule has 2 N–H and O–H groups in total. The van der Waals surface area contributed by atoms with Crippen molar-refractivity contribution in [3.8, 4) is 11.5 Å². The van der Waals surface area contributed by atoms with Crippen LogP contribution in [-0.2, 0) is 11.3 Å². The largest absolute Gasteiger partial charge is 0.550 e. The molecule has 1 atom stereocenters. The molecule has 0 amide bonds. The highest BCUT2D eigenvalue weighted by atomic mass is 32.1. The van der Waals surface area contributed by atoms with Crippen LogP contribution in [0.2, 0.25) is 0 Å². The van der Waals surface area contributed by atoms with Gasteiger partial charge in [-0.05, 0) is 35.7 Å². The van der Waals surface area contributed by atoms with Crippen LogP contribution in [0.3, 0.4) is 0 Å². The average Bonchev–Trinajstić information content (AvgIpc) is 3.14. The number of carbonyl (C=O) groups excluding carboxylic acids is 1. The molecule has 128 valence electrons. The Balaban J connectivity index is 1.65. The Morgan fingerprint density at radius 1 is 1.04 bits per heavy atom. The number of hydrogen-bond acceptors (Lipinski definition) is 4. The van der Waals surface area contributed by atoms with Crippen LogP contribution in [0.1, 0.15) is 22.9 Å². The first-order valence-electron chi connectivity index (χ1n) is 8.09. The van der Waals surface area contributed by atoms with Gasteiger partial charge < -0.3 is 20.0 Å². The molecule has 1 aromatic heterocycles. The molecular weight excluding hydrogens is 334 g/mol. The number of thiophene rings is 1. The topological polar surface area (TPSA) is 66.0 Å². The lowest BCUT2D eigenvalue weighted by molar-refractivity contribution is -0.710. The predicted octanol–water partition coefficient (Wildman–Crippen LogP) is 2.49. The quantitative estimate of drug-likeness (QED) is 0.677. The second-order valence-electron chi connectivity index (χ2n) is 5.70. The highest BCUT2D eigenvalue weighted by Crippen LogP contribution is 2.22. The van der Waals surface area contributed by atoms with Gasteiger partial charge in [-0.15, -0.1) is 11.3 Å². The second kappa shape index (κ2) is 8.46. The van der Waals surface area contributed by atoms with Gasteiger partial charge in [-0.2, -0.15) is 0 Å². The van der Waals surface area contributed by atoms with Gasteiger partial charge in [-0.3, -0.25) is 0 Å². The average molecular weight is 353 g/mol. The molecule has 0 saturated carbocycles. The van der Waals surface area contributed by atoms with E-state index in [1.165, 1.54) is 0 Å². The van der Waals surface area contributed by atoms with Crippen molar-refractivity contribution in [1.82, 2.24) is 0 Å². The molecule has 0 saturated heterocycles. The summed E-state index contributed by atoms with van der Waals surface area (Å²) in [6.07, 6.45) is 0.000714. The first-order valence-corrected chi connectivity index (χ1v) is 8.97. The summed E-state index contributed by atoms with van der Waals surface area (Å²) in [7, 11) is 0. The second-order valence-corrected chi connectivity index (χ2v) is 6.68. The Labute approximate surface area is 150 Å². The van der Waals surface area contributed by atoms with Crippen molar-refractivity contribution in [3.05, 3.63) is 82.6 Å². The van der Waals surface area contributed by atoms with Crippen molar-refractivity contribution in [1.29, 1.82) is 0 Å². The first-order chi connectivity index (χ1) is 12.2. The van der Waals surface area contributed by atoms with Crippen molar-refractivity contribution in [2.24, 2.45) is 0 Å².